The monoisotopic (exact) mass is 261 g/mol. The van der Waals surface area contributed by atoms with Crippen molar-refractivity contribution >= 4 is 11.7 Å². The van der Waals surface area contributed by atoms with Crippen LogP contribution < -0.4 is 0 Å². The first-order chi connectivity index (χ1) is 8.99. The van der Waals surface area contributed by atoms with Gasteiger partial charge in [-0.1, -0.05) is 12.1 Å². The van der Waals surface area contributed by atoms with Gasteiger partial charge in [0.2, 0.25) is 0 Å². The van der Waals surface area contributed by atoms with Crippen LogP contribution in [0, 0.1) is 17.0 Å². The first kappa shape index (κ1) is 12.7. The zero-order valence-electron chi connectivity index (χ0n) is 10.1. The Labute approximate surface area is 108 Å². The Kier molecular flexibility index (Phi) is 3.28. The SMILES string of the molecule is Cc1cnn(Cc2cccc([N+](=O)[O-])c2C(=O)O)c1. The van der Waals surface area contributed by atoms with Gasteiger partial charge >= 0.3 is 5.97 Å². The highest BCUT2D eigenvalue weighted by Gasteiger charge is 2.23. The van der Waals surface area contributed by atoms with Crippen molar-refractivity contribution in [3.63, 3.8) is 0 Å². The van der Waals surface area contributed by atoms with Crippen LogP contribution in [0.15, 0.2) is 30.6 Å². The first-order valence-corrected chi connectivity index (χ1v) is 5.47. The maximum atomic E-state index is 11.2. The Morgan fingerprint density at radius 3 is 2.79 bits per heavy atom. The van der Waals surface area contributed by atoms with Gasteiger partial charge in [0.25, 0.3) is 5.69 Å². The molecule has 98 valence electrons. The number of hydrogen-bond donors (Lipinski definition) is 1. The summed E-state index contributed by atoms with van der Waals surface area (Å²) in [6.45, 7) is 2.03. The fraction of sp³-hybridized carbons (Fsp3) is 0.167. The van der Waals surface area contributed by atoms with Gasteiger partial charge in [0.05, 0.1) is 17.7 Å². The van der Waals surface area contributed by atoms with E-state index in [0.29, 0.717) is 5.56 Å². The highest BCUT2D eigenvalue weighted by molar-refractivity contribution is 5.94. The number of rotatable bonds is 4. The molecule has 0 spiro atoms. The summed E-state index contributed by atoms with van der Waals surface area (Å²) >= 11 is 0. The Bertz CT molecular complexity index is 648. The van der Waals surface area contributed by atoms with Crippen LogP contribution in [0.1, 0.15) is 21.5 Å². The maximum Gasteiger partial charge on any atom is 0.343 e. The number of benzene rings is 1. The van der Waals surface area contributed by atoms with E-state index in [4.69, 9.17) is 5.11 Å². The Morgan fingerprint density at radius 1 is 1.53 bits per heavy atom. The third kappa shape index (κ3) is 2.59. The lowest BCUT2D eigenvalue weighted by molar-refractivity contribution is -0.385. The summed E-state index contributed by atoms with van der Waals surface area (Å²) in [4.78, 5) is 21.4. The number of aromatic nitrogens is 2. The summed E-state index contributed by atoms with van der Waals surface area (Å²) in [5.41, 5.74) is 0.585. The molecule has 0 amide bonds. The molecule has 1 heterocycles. The van der Waals surface area contributed by atoms with E-state index in [2.05, 4.69) is 5.10 Å². The van der Waals surface area contributed by atoms with Gasteiger partial charge in [-0.15, -0.1) is 0 Å². The molecule has 0 bridgehead atoms. The molecule has 0 fully saturated rings. The lowest BCUT2D eigenvalue weighted by atomic mass is 10.1. The van der Waals surface area contributed by atoms with Gasteiger partial charge in [-0.25, -0.2) is 4.79 Å². The number of nitro groups is 1. The molecule has 0 saturated heterocycles. The normalized spacial score (nSPS) is 10.4. The minimum Gasteiger partial charge on any atom is -0.477 e. The molecule has 1 aromatic heterocycles. The molecule has 2 aromatic rings. The van der Waals surface area contributed by atoms with Crippen LogP contribution in [-0.2, 0) is 6.54 Å². The van der Waals surface area contributed by atoms with Crippen molar-refractivity contribution in [3.8, 4) is 0 Å². The molecule has 7 heteroatoms. The Balaban J connectivity index is 2.47. The topological polar surface area (TPSA) is 98.3 Å². The zero-order chi connectivity index (χ0) is 14.0. The van der Waals surface area contributed by atoms with Crippen LogP contribution in [0.25, 0.3) is 0 Å². The third-order valence-electron chi connectivity index (χ3n) is 2.63. The van der Waals surface area contributed by atoms with E-state index in [1.165, 1.54) is 12.1 Å². The quantitative estimate of drug-likeness (QED) is 0.668. The molecular weight excluding hydrogens is 250 g/mol. The highest BCUT2D eigenvalue weighted by Crippen LogP contribution is 2.23. The summed E-state index contributed by atoms with van der Waals surface area (Å²) in [5, 5.41) is 24.0. The fourth-order valence-corrected chi connectivity index (χ4v) is 1.85. The van der Waals surface area contributed by atoms with E-state index in [0.717, 1.165) is 5.56 Å². The third-order valence-corrected chi connectivity index (χ3v) is 2.63. The van der Waals surface area contributed by atoms with Crippen molar-refractivity contribution in [3.05, 3.63) is 57.4 Å². The average molecular weight is 261 g/mol. The van der Waals surface area contributed by atoms with Crippen molar-refractivity contribution in [1.82, 2.24) is 9.78 Å². The van der Waals surface area contributed by atoms with Gasteiger partial charge in [-0.3, -0.25) is 14.8 Å². The van der Waals surface area contributed by atoms with Gasteiger partial charge in [0, 0.05) is 12.3 Å². The van der Waals surface area contributed by atoms with Crippen molar-refractivity contribution in [2.24, 2.45) is 0 Å². The molecule has 19 heavy (non-hydrogen) atoms. The lowest BCUT2D eigenvalue weighted by Gasteiger charge is -2.06. The summed E-state index contributed by atoms with van der Waals surface area (Å²) in [5.74, 6) is -1.31. The van der Waals surface area contributed by atoms with Gasteiger partial charge < -0.3 is 5.11 Å². The van der Waals surface area contributed by atoms with Crippen LogP contribution in [-0.4, -0.2) is 25.8 Å². The van der Waals surface area contributed by atoms with Crippen LogP contribution in [0.3, 0.4) is 0 Å². The number of hydrogen-bond acceptors (Lipinski definition) is 4. The number of carboxylic acids is 1. The second kappa shape index (κ2) is 4.89. The van der Waals surface area contributed by atoms with E-state index in [1.807, 2.05) is 6.92 Å². The van der Waals surface area contributed by atoms with Crippen LogP contribution in [0.5, 0.6) is 0 Å². The van der Waals surface area contributed by atoms with Gasteiger partial charge in [0.1, 0.15) is 5.56 Å². The van der Waals surface area contributed by atoms with Crippen molar-refractivity contribution in [1.29, 1.82) is 0 Å². The molecule has 2 rings (SSSR count). The first-order valence-electron chi connectivity index (χ1n) is 5.47. The molecule has 1 N–H and O–H groups in total. The standard InChI is InChI=1S/C12H11N3O4/c1-8-5-13-14(6-8)7-9-3-2-4-10(15(18)19)11(9)12(16)17/h2-6H,7H2,1H3,(H,16,17). The molecule has 0 radical (unpaired) electrons. The minimum atomic E-state index is -1.31. The summed E-state index contributed by atoms with van der Waals surface area (Å²) in [6.07, 6.45) is 3.38. The second-order valence-electron chi connectivity index (χ2n) is 4.09. The molecule has 0 aliphatic heterocycles. The number of aromatic carboxylic acids is 1. The van der Waals surface area contributed by atoms with Crippen LogP contribution in [0.4, 0.5) is 5.69 Å². The number of carbonyl (C=O) groups is 1. The molecule has 7 nitrogen and oxygen atoms in total. The van der Waals surface area contributed by atoms with Crippen molar-refractivity contribution in [2.75, 3.05) is 0 Å². The van der Waals surface area contributed by atoms with Crippen molar-refractivity contribution < 1.29 is 14.8 Å². The molecule has 0 saturated carbocycles. The highest BCUT2D eigenvalue weighted by atomic mass is 16.6. The molecule has 0 unspecified atom stereocenters. The van der Waals surface area contributed by atoms with Gasteiger partial charge in [-0.05, 0) is 18.1 Å². The van der Waals surface area contributed by atoms with E-state index in [9.17, 15) is 14.9 Å². The largest absolute Gasteiger partial charge is 0.477 e. The van der Waals surface area contributed by atoms with E-state index in [-0.39, 0.29) is 12.1 Å². The number of aryl methyl sites for hydroxylation is 1. The minimum absolute atomic E-state index is 0.178. The predicted octanol–water partition coefficient (Wildman–Crippen LogP) is 1.85. The maximum absolute atomic E-state index is 11.2. The molecule has 0 aliphatic rings. The molecular formula is C12H11N3O4. The van der Waals surface area contributed by atoms with Crippen LogP contribution >= 0.6 is 0 Å². The van der Waals surface area contributed by atoms with E-state index in [1.54, 1.807) is 23.1 Å². The van der Waals surface area contributed by atoms with Crippen molar-refractivity contribution in [2.45, 2.75) is 13.5 Å². The van der Waals surface area contributed by atoms with E-state index >= 15 is 0 Å². The van der Waals surface area contributed by atoms with Crippen LogP contribution in [0.2, 0.25) is 0 Å². The second-order valence-corrected chi connectivity index (χ2v) is 4.09. The number of nitrogens with zero attached hydrogens (tertiary/aromatic N) is 3. The number of nitro benzene ring substituents is 1. The summed E-state index contributed by atoms with van der Waals surface area (Å²) in [7, 11) is 0. The molecule has 0 aliphatic carbocycles. The van der Waals surface area contributed by atoms with Gasteiger partial charge in [-0.2, -0.15) is 5.10 Å². The lowest BCUT2D eigenvalue weighted by Crippen LogP contribution is -2.10. The zero-order valence-corrected chi connectivity index (χ0v) is 10.1. The smallest absolute Gasteiger partial charge is 0.343 e. The number of carboxylic acid groups (broad SMARTS) is 1. The Morgan fingerprint density at radius 2 is 2.26 bits per heavy atom. The molecule has 0 atom stereocenters. The predicted molar refractivity (Wildman–Crippen MR) is 66.1 cm³/mol. The molecule has 1 aromatic carbocycles. The van der Waals surface area contributed by atoms with E-state index < -0.39 is 16.6 Å². The Hall–Kier alpha value is -2.70. The summed E-state index contributed by atoms with van der Waals surface area (Å²) < 4.78 is 1.54. The average Bonchev–Trinajstić information content (AvgIpc) is 2.74. The van der Waals surface area contributed by atoms with Gasteiger partial charge in [0.15, 0.2) is 0 Å². The summed E-state index contributed by atoms with van der Waals surface area (Å²) in [6, 6.07) is 4.20. The fourth-order valence-electron chi connectivity index (χ4n) is 1.85.